The average Bonchev–Trinajstić information content (AvgIpc) is 2.58. The molecule has 1 rings (SSSR count). The zero-order valence-corrected chi connectivity index (χ0v) is 8.31. The molecule has 0 atom stereocenters. The smallest absolute Gasteiger partial charge is 0.305 e. The number of hydrogen-bond donors (Lipinski definition) is 1. The molecule has 14 heavy (non-hydrogen) atoms. The van der Waals surface area contributed by atoms with Crippen molar-refractivity contribution in [3.8, 4) is 0 Å². The largest absolute Gasteiger partial charge is 0.481 e. The van der Waals surface area contributed by atoms with Crippen molar-refractivity contribution in [2.75, 3.05) is 0 Å². The quantitative estimate of drug-likeness (QED) is 0.741. The molecule has 78 valence electrons. The van der Waals surface area contributed by atoms with Gasteiger partial charge in [0.15, 0.2) is 0 Å². The van der Waals surface area contributed by atoms with Gasteiger partial charge in [-0.1, -0.05) is 13.3 Å². The van der Waals surface area contributed by atoms with Gasteiger partial charge in [-0.15, -0.1) is 10.2 Å². The second-order valence-electron chi connectivity index (χ2n) is 3.19. The third-order valence-electron chi connectivity index (χ3n) is 2.02. The standard InChI is InChI=1S/C9H15N3O2/c1-2-3-4-8-11-10-7-12(8)6-5-9(13)14/h7H,2-6H2,1H3,(H,13,14). The minimum Gasteiger partial charge on any atom is -0.481 e. The van der Waals surface area contributed by atoms with Crippen LogP contribution in [-0.4, -0.2) is 25.8 Å². The van der Waals surface area contributed by atoms with Crippen LogP contribution in [0.5, 0.6) is 0 Å². The number of carbonyl (C=O) groups is 1. The van der Waals surface area contributed by atoms with E-state index in [0.29, 0.717) is 6.54 Å². The van der Waals surface area contributed by atoms with Crippen LogP contribution in [0.1, 0.15) is 32.0 Å². The molecule has 1 aromatic heterocycles. The van der Waals surface area contributed by atoms with Gasteiger partial charge < -0.3 is 9.67 Å². The van der Waals surface area contributed by atoms with E-state index in [4.69, 9.17) is 5.11 Å². The number of nitrogens with zero attached hydrogens (tertiary/aromatic N) is 3. The molecule has 0 unspecified atom stereocenters. The highest BCUT2D eigenvalue weighted by atomic mass is 16.4. The fraction of sp³-hybridized carbons (Fsp3) is 0.667. The van der Waals surface area contributed by atoms with Crippen molar-refractivity contribution in [3.05, 3.63) is 12.2 Å². The number of carboxylic acid groups (broad SMARTS) is 1. The summed E-state index contributed by atoms with van der Waals surface area (Å²) >= 11 is 0. The Morgan fingerprint density at radius 1 is 1.64 bits per heavy atom. The Balaban J connectivity index is 2.49. The molecule has 0 saturated carbocycles. The van der Waals surface area contributed by atoms with E-state index < -0.39 is 5.97 Å². The number of rotatable bonds is 6. The summed E-state index contributed by atoms with van der Waals surface area (Å²) < 4.78 is 1.81. The van der Waals surface area contributed by atoms with Crippen molar-refractivity contribution in [2.45, 2.75) is 39.2 Å². The molecule has 0 spiro atoms. The molecule has 0 radical (unpaired) electrons. The van der Waals surface area contributed by atoms with Crippen LogP contribution in [0.4, 0.5) is 0 Å². The molecule has 0 aromatic carbocycles. The van der Waals surface area contributed by atoms with Crippen LogP contribution in [0.25, 0.3) is 0 Å². The summed E-state index contributed by atoms with van der Waals surface area (Å²) in [5, 5.41) is 16.2. The van der Waals surface area contributed by atoms with Gasteiger partial charge in [0.05, 0.1) is 6.42 Å². The Hall–Kier alpha value is -1.39. The molecule has 0 bridgehead atoms. The van der Waals surface area contributed by atoms with Crippen molar-refractivity contribution < 1.29 is 9.90 Å². The Bertz CT molecular complexity index is 296. The van der Waals surface area contributed by atoms with Crippen LogP contribution < -0.4 is 0 Å². The Morgan fingerprint density at radius 3 is 3.07 bits per heavy atom. The maximum Gasteiger partial charge on any atom is 0.305 e. The van der Waals surface area contributed by atoms with Gasteiger partial charge in [0.1, 0.15) is 12.2 Å². The first-order valence-electron chi connectivity index (χ1n) is 4.82. The number of carboxylic acids is 1. The lowest BCUT2D eigenvalue weighted by Gasteiger charge is -2.03. The lowest BCUT2D eigenvalue weighted by molar-refractivity contribution is -0.137. The van der Waals surface area contributed by atoms with Gasteiger partial charge in [0.25, 0.3) is 0 Å². The molecular weight excluding hydrogens is 182 g/mol. The average molecular weight is 197 g/mol. The molecule has 5 nitrogen and oxygen atoms in total. The van der Waals surface area contributed by atoms with Crippen LogP contribution in [0.2, 0.25) is 0 Å². The van der Waals surface area contributed by atoms with Crippen LogP contribution >= 0.6 is 0 Å². The lowest BCUT2D eigenvalue weighted by Crippen LogP contribution is -2.07. The van der Waals surface area contributed by atoms with Gasteiger partial charge in [-0.3, -0.25) is 4.79 Å². The van der Waals surface area contributed by atoms with Gasteiger partial charge >= 0.3 is 5.97 Å². The van der Waals surface area contributed by atoms with Crippen molar-refractivity contribution in [2.24, 2.45) is 0 Å². The molecule has 5 heteroatoms. The van der Waals surface area contributed by atoms with Crippen molar-refractivity contribution >= 4 is 5.97 Å². The van der Waals surface area contributed by atoms with Crippen molar-refractivity contribution in [3.63, 3.8) is 0 Å². The molecule has 1 N–H and O–H groups in total. The molecular formula is C9H15N3O2. The summed E-state index contributed by atoms with van der Waals surface area (Å²) in [4.78, 5) is 10.4. The van der Waals surface area contributed by atoms with Gasteiger partial charge in [-0.2, -0.15) is 0 Å². The highest BCUT2D eigenvalue weighted by Crippen LogP contribution is 2.02. The van der Waals surface area contributed by atoms with Crippen LogP contribution in [0.3, 0.4) is 0 Å². The maximum atomic E-state index is 10.4. The lowest BCUT2D eigenvalue weighted by atomic mass is 10.2. The minimum absolute atomic E-state index is 0.122. The summed E-state index contributed by atoms with van der Waals surface area (Å²) in [5.74, 6) is 0.0910. The fourth-order valence-electron chi connectivity index (χ4n) is 1.21. The fourth-order valence-corrected chi connectivity index (χ4v) is 1.21. The normalized spacial score (nSPS) is 10.4. The van der Waals surface area contributed by atoms with E-state index in [1.54, 1.807) is 6.33 Å². The van der Waals surface area contributed by atoms with Crippen LogP contribution in [0.15, 0.2) is 6.33 Å². The van der Waals surface area contributed by atoms with Gasteiger partial charge in [0.2, 0.25) is 0 Å². The van der Waals surface area contributed by atoms with Crippen molar-refractivity contribution in [1.29, 1.82) is 0 Å². The van der Waals surface area contributed by atoms with E-state index in [1.807, 2.05) is 4.57 Å². The Morgan fingerprint density at radius 2 is 2.43 bits per heavy atom. The minimum atomic E-state index is -0.792. The van der Waals surface area contributed by atoms with E-state index in [2.05, 4.69) is 17.1 Å². The Kier molecular flexibility index (Phi) is 4.10. The first-order valence-corrected chi connectivity index (χ1v) is 4.82. The molecule has 0 aliphatic rings. The van der Waals surface area contributed by atoms with E-state index in [0.717, 1.165) is 25.1 Å². The third kappa shape index (κ3) is 3.16. The van der Waals surface area contributed by atoms with E-state index in [-0.39, 0.29) is 6.42 Å². The Labute approximate surface area is 82.8 Å². The van der Waals surface area contributed by atoms with E-state index in [9.17, 15) is 4.79 Å². The van der Waals surface area contributed by atoms with Crippen LogP contribution in [0, 0.1) is 0 Å². The zero-order chi connectivity index (χ0) is 10.4. The summed E-state index contributed by atoms with van der Waals surface area (Å²) in [7, 11) is 0. The molecule has 0 aliphatic heterocycles. The van der Waals surface area contributed by atoms with E-state index >= 15 is 0 Å². The molecule has 1 heterocycles. The number of aliphatic carboxylic acids is 1. The monoisotopic (exact) mass is 197 g/mol. The van der Waals surface area contributed by atoms with Gasteiger partial charge in [-0.25, -0.2) is 0 Å². The summed E-state index contributed by atoms with van der Waals surface area (Å²) in [5.41, 5.74) is 0. The summed E-state index contributed by atoms with van der Waals surface area (Å²) in [6.45, 7) is 2.57. The van der Waals surface area contributed by atoms with Gasteiger partial charge in [0, 0.05) is 13.0 Å². The molecule has 0 aliphatic carbocycles. The number of hydrogen-bond acceptors (Lipinski definition) is 3. The van der Waals surface area contributed by atoms with Gasteiger partial charge in [-0.05, 0) is 6.42 Å². The first kappa shape index (κ1) is 10.7. The molecule has 0 fully saturated rings. The first-order chi connectivity index (χ1) is 6.74. The molecule has 1 aromatic rings. The second kappa shape index (κ2) is 5.36. The van der Waals surface area contributed by atoms with Crippen LogP contribution in [-0.2, 0) is 17.8 Å². The highest BCUT2D eigenvalue weighted by molar-refractivity contribution is 5.66. The summed E-state index contributed by atoms with van der Waals surface area (Å²) in [6, 6.07) is 0. The summed E-state index contributed by atoms with van der Waals surface area (Å²) in [6.07, 6.45) is 4.75. The predicted octanol–water partition coefficient (Wildman–Crippen LogP) is 1.10. The third-order valence-corrected chi connectivity index (χ3v) is 2.02. The SMILES string of the molecule is CCCCc1nncn1CCC(=O)O. The number of unbranched alkanes of at least 4 members (excludes halogenated alkanes) is 1. The molecule has 0 amide bonds. The topological polar surface area (TPSA) is 68.0 Å². The van der Waals surface area contributed by atoms with Crippen molar-refractivity contribution in [1.82, 2.24) is 14.8 Å². The maximum absolute atomic E-state index is 10.4. The zero-order valence-electron chi connectivity index (χ0n) is 8.31. The molecule has 0 saturated heterocycles. The predicted molar refractivity (Wildman–Crippen MR) is 50.9 cm³/mol. The number of aromatic nitrogens is 3. The second-order valence-corrected chi connectivity index (χ2v) is 3.19. The van der Waals surface area contributed by atoms with E-state index in [1.165, 1.54) is 0 Å². The highest BCUT2D eigenvalue weighted by Gasteiger charge is 2.04. The number of aryl methyl sites for hydroxylation is 2.